The Morgan fingerprint density at radius 1 is 1.24 bits per heavy atom. The van der Waals surface area contributed by atoms with Crippen molar-refractivity contribution in [3.05, 3.63) is 68.7 Å². The summed E-state index contributed by atoms with van der Waals surface area (Å²) in [7, 11) is 1.27. The highest BCUT2D eigenvalue weighted by Crippen LogP contribution is 2.24. The van der Waals surface area contributed by atoms with Crippen LogP contribution < -0.4 is 10.1 Å². The third kappa shape index (κ3) is 4.91. The van der Waals surface area contributed by atoms with E-state index >= 15 is 0 Å². The van der Waals surface area contributed by atoms with E-state index in [0.29, 0.717) is 14.9 Å². The van der Waals surface area contributed by atoms with Gasteiger partial charge in [-0.25, -0.2) is 14.0 Å². The fourth-order valence-corrected chi connectivity index (χ4v) is 3.29. The van der Waals surface area contributed by atoms with Crippen LogP contribution in [-0.2, 0) is 20.9 Å². The molecule has 150 valence electrons. The number of urea groups is 1. The second-order valence-corrected chi connectivity index (χ2v) is 7.19. The van der Waals surface area contributed by atoms with Gasteiger partial charge in [-0.3, -0.25) is 9.69 Å². The number of imide groups is 1. The Kier molecular flexibility index (Phi) is 6.47. The van der Waals surface area contributed by atoms with Crippen LogP contribution in [0.25, 0.3) is 6.08 Å². The molecule has 1 heterocycles. The van der Waals surface area contributed by atoms with Crippen LogP contribution in [-0.4, -0.2) is 36.5 Å². The lowest BCUT2D eigenvalue weighted by atomic mass is 10.1. The Labute approximate surface area is 179 Å². The molecule has 9 heteroatoms. The maximum absolute atomic E-state index is 13.8. The quantitative estimate of drug-likeness (QED) is 0.280. The number of nitrogens with one attached hydrogen (secondary N) is 1. The van der Waals surface area contributed by atoms with Gasteiger partial charge in [0.05, 0.1) is 17.2 Å². The van der Waals surface area contributed by atoms with Crippen molar-refractivity contribution in [2.45, 2.75) is 6.54 Å². The molecule has 0 atom stereocenters. The molecule has 0 saturated carbocycles. The topological polar surface area (TPSA) is 84.9 Å². The summed E-state index contributed by atoms with van der Waals surface area (Å²) in [5.41, 5.74) is 0.987. The standard InChI is InChI=1S/C20H16FIN2O5/c1-28-18(25)11-29-17-7-6-12(8-15(17)22)9-16-19(26)24(20(27)23-16)10-13-4-2-3-5-14(13)21/h2-9H,10-11H2,1H3,(H,23,27)/b16-9+. The van der Waals surface area contributed by atoms with Gasteiger partial charge in [-0.2, -0.15) is 0 Å². The first-order valence-electron chi connectivity index (χ1n) is 8.46. The number of amides is 3. The largest absolute Gasteiger partial charge is 0.481 e. The fraction of sp³-hybridized carbons (Fsp3) is 0.150. The molecule has 1 aliphatic heterocycles. The van der Waals surface area contributed by atoms with Gasteiger partial charge in [0.15, 0.2) is 6.61 Å². The third-order valence-electron chi connectivity index (χ3n) is 4.09. The Balaban J connectivity index is 1.74. The first-order valence-corrected chi connectivity index (χ1v) is 9.54. The van der Waals surface area contributed by atoms with Crippen molar-refractivity contribution < 1.29 is 28.2 Å². The van der Waals surface area contributed by atoms with Gasteiger partial charge >= 0.3 is 12.0 Å². The molecule has 1 N–H and O–H groups in total. The van der Waals surface area contributed by atoms with Crippen LogP contribution in [0.2, 0.25) is 0 Å². The third-order valence-corrected chi connectivity index (χ3v) is 4.93. The minimum atomic E-state index is -0.614. The zero-order valence-electron chi connectivity index (χ0n) is 15.3. The average molecular weight is 510 g/mol. The highest BCUT2D eigenvalue weighted by atomic mass is 127. The minimum absolute atomic E-state index is 0.0883. The van der Waals surface area contributed by atoms with E-state index in [1.165, 1.54) is 31.4 Å². The maximum Gasteiger partial charge on any atom is 0.343 e. The predicted octanol–water partition coefficient (Wildman–Crippen LogP) is 3.08. The van der Waals surface area contributed by atoms with Crippen molar-refractivity contribution in [2.75, 3.05) is 13.7 Å². The molecule has 0 aliphatic carbocycles. The van der Waals surface area contributed by atoms with E-state index in [0.717, 1.165) is 4.90 Å². The van der Waals surface area contributed by atoms with Gasteiger partial charge in [0.25, 0.3) is 5.91 Å². The average Bonchev–Trinajstić information content (AvgIpc) is 2.96. The lowest BCUT2D eigenvalue weighted by Crippen LogP contribution is -2.30. The number of rotatable bonds is 6. The smallest absolute Gasteiger partial charge is 0.343 e. The molecule has 7 nitrogen and oxygen atoms in total. The van der Waals surface area contributed by atoms with E-state index in [2.05, 4.69) is 10.1 Å². The lowest BCUT2D eigenvalue weighted by molar-refractivity contribution is -0.142. The summed E-state index contributed by atoms with van der Waals surface area (Å²) in [5.74, 6) is -1.04. The number of carbonyl (C=O) groups excluding carboxylic acids is 3. The Bertz CT molecular complexity index is 1010. The number of hydrogen-bond acceptors (Lipinski definition) is 5. The van der Waals surface area contributed by atoms with E-state index < -0.39 is 23.7 Å². The summed E-state index contributed by atoms with van der Waals surface area (Å²) in [5, 5.41) is 2.50. The summed E-state index contributed by atoms with van der Waals surface area (Å²) in [6.45, 7) is -0.376. The van der Waals surface area contributed by atoms with Crippen LogP contribution >= 0.6 is 22.6 Å². The number of halogens is 2. The Morgan fingerprint density at radius 3 is 2.69 bits per heavy atom. The monoisotopic (exact) mass is 510 g/mol. The number of nitrogens with zero attached hydrogens (tertiary/aromatic N) is 1. The molecule has 0 bridgehead atoms. The van der Waals surface area contributed by atoms with Gasteiger partial charge in [0.2, 0.25) is 0 Å². The number of ether oxygens (including phenoxy) is 2. The van der Waals surface area contributed by atoms with Crippen molar-refractivity contribution >= 4 is 46.6 Å². The predicted molar refractivity (Wildman–Crippen MR) is 110 cm³/mol. The van der Waals surface area contributed by atoms with E-state index in [-0.39, 0.29) is 24.4 Å². The first kappa shape index (κ1) is 20.8. The minimum Gasteiger partial charge on any atom is -0.481 e. The molecule has 3 rings (SSSR count). The SMILES string of the molecule is COC(=O)COc1ccc(/C=C2/NC(=O)N(Cc3ccccc3F)C2=O)cc1I. The van der Waals surface area contributed by atoms with Crippen LogP contribution in [0.5, 0.6) is 5.75 Å². The second kappa shape index (κ2) is 9.03. The number of carbonyl (C=O) groups is 3. The maximum atomic E-state index is 13.8. The van der Waals surface area contributed by atoms with Gasteiger partial charge in [0, 0.05) is 5.56 Å². The van der Waals surface area contributed by atoms with E-state index in [1.807, 2.05) is 22.6 Å². The lowest BCUT2D eigenvalue weighted by Gasteiger charge is -2.12. The summed E-state index contributed by atoms with van der Waals surface area (Å²) >= 11 is 2.03. The summed E-state index contributed by atoms with van der Waals surface area (Å²) < 4.78 is 24.4. The normalized spacial score (nSPS) is 14.9. The van der Waals surface area contributed by atoms with E-state index in [4.69, 9.17) is 4.74 Å². The van der Waals surface area contributed by atoms with Crippen LogP contribution in [0, 0.1) is 9.39 Å². The van der Waals surface area contributed by atoms with Gasteiger partial charge in [-0.05, 0) is 52.4 Å². The summed E-state index contributed by atoms with van der Waals surface area (Å²) in [4.78, 5) is 36.9. The summed E-state index contributed by atoms with van der Waals surface area (Å²) in [6.07, 6.45) is 1.52. The molecule has 0 spiro atoms. The molecule has 2 aromatic carbocycles. The zero-order valence-corrected chi connectivity index (χ0v) is 17.4. The molecular weight excluding hydrogens is 494 g/mol. The molecule has 29 heavy (non-hydrogen) atoms. The zero-order chi connectivity index (χ0) is 21.0. The molecule has 1 saturated heterocycles. The van der Waals surface area contributed by atoms with Crippen molar-refractivity contribution in [3.63, 3.8) is 0 Å². The molecule has 2 aromatic rings. The van der Waals surface area contributed by atoms with Gasteiger partial charge in [-0.1, -0.05) is 24.3 Å². The second-order valence-electron chi connectivity index (χ2n) is 6.03. The molecule has 0 aromatic heterocycles. The fourth-order valence-electron chi connectivity index (χ4n) is 2.60. The first-order chi connectivity index (χ1) is 13.9. The molecule has 0 unspecified atom stereocenters. The highest BCUT2D eigenvalue weighted by Gasteiger charge is 2.34. The Morgan fingerprint density at radius 2 is 2.00 bits per heavy atom. The number of esters is 1. The molecular formula is C20H16FIN2O5. The molecule has 1 fully saturated rings. The summed E-state index contributed by atoms with van der Waals surface area (Å²) in [6, 6.07) is 10.4. The van der Waals surface area contributed by atoms with Gasteiger partial charge < -0.3 is 14.8 Å². The van der Waals surface area contributed by atoms with E-state index in [9.17, 15) is 18.8 Å². The van der Waals surface area contributed by atoms with Crippen LogP contribution in [0.1, 0.15) is 11.1 Å². The van der Waals surface area contributed by atoms with E-state index in [1.54, 1.807) is 24.3 Å². The Hall–Kier alpha value is -2.95. The van der Waals surface area contributed by atoms with Crippen LogP contribution in [0.4, 0.5) is 9.18 Å². The van der Waals surface area contributed by atoms with Crippen LogP contribution in [0.3, 0.4) is 0 Å². The molecule has 3 amide bonds. The number of hydrogen-bond donors (Lipinski definition) is 1. The molecule has 0 radical (unpaired) electrons. The van der Waals surface area contributed by atoms with Gasteiger partial charge in [0.1, 0.15) is 17.3 Å². The molecule has 1 aliphatic rings. The number of benzene rings is 2. The van der Waals surface area contributed by atoms with Crippen molar-refractivity contribution in [1.82, 2.24) is 10.2 Å². The van der Waals surface area contributed by atoms with Crippen molar-refractivity contribution in [2.24, 2.45) is 0 Å². The van der Waals surface area contributed by atoms with Crippen molar-refractivity contribution in [1.29, 1.82) is 0 Å². The number of methoxy groups -OCH3 is 1. The van der Waals surface area contributed by atoms with Crippen molar-refractivity contribution in [3.8, 4) is 5.75 Å². The van der Waals surface area contributed by atoms with Gasteiger partial charge in [-0.15, -0.1) is 0 Å². The van der Waals surface area contributed by atoms with Crippen LogP contribution in [0.15, 0.2) is 48.2 Å². The highest BCUT2D eigenvalue weighted by molar-refractivity contribution is 14.1.